The van der Waals surface area contributed by atoms with Crippen LogP contribution in [0.25, 0.3) is 5.76 Å². The average molecular weight is 478 g/mol. The third-order valence-electron chi connectivity index (χ3n) is 5.62. The van der Waals surface area contributed by atoms with Gasteiger partial charge in [-0.2, -0.15) is 0 Å². The van der Waals surface area contributed by atoms with Crippen molar-refractivity contribution in [2.24, 2.45) is 0 Å². The number of rotatable bonds is 8. The molecule has 2 heterocycles. The minimum absolute atomic E-state index is 0.0530. The standard InChI is InChI=1S/C27H27NO5S/c1-4-32-19-11-12-21(22(15-19)33-5-2)25(29)23-24(18-9-6-8-17(3)14-18)28(27(31)26(23)30)16-20-10-7-13-34-20/h6-15,24,29H,4-5,16H2,1-3H3/b25-23-. The van der Waals surface area contributed by atoms with Gasteiger partial charge in [-0.3, -0.25) is 9.59 Å². The van der Waals surface area contributed by atoms with Crippen molar-refractivity contribution in [2.75, 3.05) is 13.2 Å². The van der Waals surface area contributed by atoms with Gasteiger partial charge >= 0.3 is 0 Å². The number of amides is 1. The van der Waals surface area contributed by atoms with E-state index < -0.39 is 17.7 Å². The molecule has 34 heavy (non-hydrogen) atoms. The highest BCUT2D eigenvalue weighted by Gasteiger charge is 2.46. The molecule has 1 aromatic heterocycles. The maximum atomic E-state index is 13.3. The van der Waals surface area contributed by atoms with Crippen molar-refractivity contribution >= 4 is 28.8 Å². The van der Waals surface area contributed by atoms with Crippen LogP contribution in [-0.4, -0.2) is 34.9 Å². The van der Waals surface area contributed by atoms with Crippen molar-refractivity contribution in [1.29, 1.82) is 0 Å². The Balaban J connectivity index is 1.88. The normalized spacial score (nSPS) is 17.3. The molecule has 3 aromatic rings. The van der Waals surface area contributed by atoms with Crippen LogP contribution in [0.2, 0.25) is 0 Å². The van der Waals surface area contributed by atoms with Crippen LogP contribution in [0.5, 0.6) is 11.5 Å². The van der Waals surface area contributed by atoms with E-state index in [-0.39, 0.29) is 17.9 Å². The van der Waals surface area contributed by atoms with Gasteiger partial charge in [0.2, 0.25) is 0 Å². The first kappa shape index (κ1) is 23.6. The Morgan fingerprint density at radius 1 is 1.03 bits per heavy atom. The summed E-state index contributed by atoms with van der Waals surface area (Å²) in [5.41, 5.74) is 2.16. The summed E-state index contributed by atoms with van der Waals surface area (Å²) in [5, 5.41) is 13.4. The van der Waals surface area contributed by atoms with E-state index in [0.29, 0.717) is 30.3 Å². The van der Waals surface area contributed by atoms with E-state index in [0.717, 1.165) is 16.0 Å². The molecule has 0 spiro atoms. The van der Waals surface area contributed by atoms with E-state index in [2.05, 4.69) is 0 Å². The lowest BCUT2D eigenvalue weighted by Gasteiger charge is -2.25. The lowest BCUT2D eigenvalue weighted by atomic mass is 9.94. The molecular weight excluding hydrogens is 450 g/mol. The van der Waals surface area contributed by atoms with Gasteiger partial charge in [0.25, 0.3) is 11.7 Å². The summed E-state index contributed by atoms with van der Waals surface area (Å²) in [7, 11) is 0. The number of hydrogen-bond donors (Lipinski definition) is 1. The molecule has 1 atom stereocenters. The van der Waals surface area contributed by atoms with Gasteiger partial charge in [0.1, 0.15) is 17.3 Å². The van der Waals surface area contributed by atoms with Crippen LogP contribution in [-0.2, 0) is 16.1 Å². The number of Topliss-reactive ketones (excluding diaryl/α,β-unsaturated/α-hetero) is 1. The van der Waals surface area contributed by atoms with Crippen LogP contribution >= 0.6 is 11.3 Å². The van der Waals surface area contributed by atoms with E-state index in [1.165, 1.54) is 16.2 Å². The molecular formula is C27H27NO5S. The molecule has 6 nitrogen and oxygen atoms in total. The number of likely N-dealkylation sites (tertiary alicyclic amines) is 1. The van der Waals surface area contributed by atoms with Gasteiger partial charge in [0, 0.05) is 10.9 Å². The highest BCUT2D eigenvalue weighted by Crippen LogP contribution is 2.42. The molecule has 176 valence electrons. The van der Waals surface area contributed by atoms with Crippen molar-refractivity contribution in [3.05, 3.63) is 87.1 Å². The number of benzene rings is 2. The van der Waals surface area contributed by atoms with Gasteiger partial charge in [-0.15, -0.1) is 11.3 Å². The number of carbonyl (C=O) groups excluding carboxylic acids is 2. The molecule has 7 heteroatoms. The molecule has 2 aromatic carbocycles. The van der Waals surface area contributed by atoms with Crippen molar-refractivity contribution in [3.63, 3.8) is 0 Å². The zero-order valence-corrected chi connectivity index (χ0v) is 20.2. The topological polar surface area (TPSA) is 76.1 Å². The highest BCUT2D eigenvalue weighted by molar-refractivity contribution is 7.09. The first-order chi connectivity index (χ1) is 16.4. The van der Waals surface area contributed by atoms with Gasteiger partial charge in [-0.25, -0.2) is 0 Å². The van der Waals surface area contributed by atoms with E-state index in [4.69, 9.17) is 9.47 Å². The fourth-order valence-electron chi connectivity index (χ4n) is 4.18. The fourth-order valence-corrected chi connectivity index (χ4v) is 4.88. The first-order valence-electron chi connectivity index (χ1n) is 11.2. The van der Waals surface area contributed by atoms with Crippen LogP contribution in [0.1, 0.15) is 41.5 Å². The first-order valence-corrected chi connectivity index (χ1v) is 12.1. The van der Waals surface area contributed by atoms with E-state index in [1.54, 1.807) is 18.2 Å². The number of aryl methyl sites for hydroxylation is 1. The molecule has 0 bridgehead atoms. The van der Waals surface area contributed by atoms with Gasteiger partial charge in [0.05, 0.1) is 36.9 Å². The van der Waals surface area contributed by atoms with E-state index >= 15 is 0 Å². The Kier molecular flexibility index (Phi) is 7.03. The molecule has 0 aliphatic carbocycles. The maximum Gasteiger partial charge on any atom is 0.295 e. The Hall–Kier alpha value is -3.58. The number of nitrogens with zero attached hydrogens (tertiary/aromatic N) is 1. The molecule has 1 aliphatic rings. The Morgan fingerprint density at radius 3 is 2.50 bits per heavy atom. The molecule has 4 rings (SSSR count). The van der Waals surface area contributed by atoms with Crippen molar-refractivity contribution < 1.29 is 24.2 Å². The van der Waals surface area contributed by atoms with Crippen molar-refractivity contribution in [3.8, 4) is 11.5 Å². The minimum atomic E-state index is -0.719. The van der Waals surface area contributed by atoms with Crippen LogP contribution < -0.4 is 9.47 Å². The molecule has 1 N–H and O–H groups in total. The molecule has 0 radical (unpaired) electrons. The number of ketones is 1. The quantitative estimate of drug-likeness (QED) is 0.264. The summed E-state index contributed by atoms with van der Waals surface area (Å²) >= 11 is 1.52. The molecule has 1 amide bonds. The third-order valence-corrected chi connectivity index (χ3v) is 6.48. The van der Waals surface area contributed by atoms with Crippen molar-refractivity contribution in [2.45, 2.75) is 33.4 Å². The molecule has 1 aliphatic heterocycles. The Morgan fingerprint density at radius 2 is 1.82 bits per heavy atom. The van der Waals surface area contributed by atoms with Gasteiger partial charge in [-0.05, 0) is 49.9 Å². The monoisotopic (exact) mass is 477 g/mol. The Bertz CT molecular complexity index is 1230. The zero-order chi connectivity index (χ0) is 24.2. The van der Waals surface area contributed by atoms with Gasteiger partial charge in [-0.1, -0.05) is 35.9 Å². The van der Waals surface area contributed by atoms with E-state index in [9.17, 15) is 14.7 Å². The summed E-state index contributed by atoms with van der Waals surface area (Å²) in [6, 6.07) is 15.8. The number of hydrogen-bond acceptors (Lipinski definition) is 6. The summed E-state index contributed by atoms with van der Waals surface area (Å²) < 4.78 is 11.3. The van der Waals surface area contributed by atoms with E-state index in [1.807, 2.05) is 62.5 Å². The minimum Gasteiger partial charge on any atom is -0.507 e. The zero-order valence-electron chi connectivity index (χ0n) is 19.4. The van der Waals surface area contributed by atoms with Gasteiger partial charge in [0.15, 0.2) is 0 Å². The number of aliphatic hydroxyl groups excluding tert-OH is 1. The SMILES string of the molecule is CCOc1ccc(/C(O)=C2/C(=O)C(=O)N(Cc3cccs3)C2c2cccc(C)c2)c(OCC)c1. The second-order valence-electron chi connectivity index (χ2n) is 7.94. The maximum absolute atomic E-state index is 13.3. The average Bonchev–Trinajstić information content (AvgIpc) is 3.42. The Labute approximate surface area is 203 Å². The van der Waals surface area contributed by atoms with Crippen LogP contribution in [0.4, 0.5) is 0 Å². The largest absolute Gasteiger partial charge is 0.507 e. The number of thiophene rings is 1. The summed E-state index contributed by atoms with van der Waals surface area (Å²) in [5.74, 6) is -0.624. The predicted octanol–water partition coefficient (Wildman–Crippen LogP) is 5.48. The highest BCUT2D eigenvalue weighted by atomic mass is 32.1. The lowest BCUT2D eigenvalue weighted by molar-refractivity contribution is -0.140. The number of ether oxygens (including phenoxy) is 2. The second-order valence-corrected chi connectivity index (χ2v) is 8.98. The molecule has 1 unspecified atom stereocenters. The van der Waals surface area contributed by atoms with Crippen molar-refractivity contribution in [1.82, 2.24) is 4.90 Å². The summed E-state index contributed by atoms with van der Waals surface area (Å²) in [6.07, 6.45) is 0. The summed E-state index contributed by atoms with van der Waals surface area (Å²) in [6.45, 7) is 6.80. The fraction of sp³-hybridized carbons (Fsp3) is 0.259. The van der Waals surface area contributed by atoms with Crippen LogP contribution in [0, 0.1) is 6.92 Å². The predicted molar refractivity (Wildman–Crippen MR) is 132 cm³/mol. The molecule has 1 fully saturated rings. The lowest BCUT2D eigenvalue weighted by Crippen LogP contribution is -2.28. The second kappa shape index (κ2) is 10.1. The van der Waals surface area contributed by atoms with Gasteiger partial charge < -0.3 is 19.5 Å². The summed E-state index contributed by atoms with van der Waals surface area (Å²) in [4.78, 5) is 29.0. The number of aliphatic hydroxyl groups is 1. The van der Waals surface area contributed by atoms with Crippen LogP contribution in [0.15, 0.2) is 65.6 Å². The smallest absolute Gasteiger partial charge is 0.295 e. The molecule has 1 saturated heterocycles. The molecule has 0 saturated carbocycles. The number of carbonyl (C=O) groups is 2. The third kappa shape index (κ3) is 4.56. The van der Waals surface area contributed by atoms with Crippen LogP contribution in [0.3, 0.4) is 0 Å².